The minimum atomic E-state index is -4.35. The van der Waals surface area contributed by atoms with E-state index in [1.54, 1.807) is 12.3 Å². The van der Waals surface area contributed by atoms with Crippen LogP contribution in [-0.2, 0) is 4.79 Å². The fraction of sp³-hybridized carbons (Fsp3) is 0.714. The predicted molar refractivity (Wildman–Crippen MR) is 85.3 cm³/mol. The number of nitrogens with two attached hydrogens (primary N) is 1. The summed E-state index contributed by atoms with van der Waals surface area (Å²) in [7, 11) is 0. The number of aliphatic hydroxyl groups excluding tert-OH is 2. The average Bonchev–Trinajstić information content (AvgIpc) is 3.04. The quantitative estimate of drug-likeness (QED) is 0.584. The topological polar surface area (TPSA) is 108 Å². The lowest BCUT2D eigenvalue weighted by atomic mass is 10.1. The van der Waals surface area contributed by atoms with Crippen LogP contribution < -0.4 is 11.1 Å². The molecule has 0 bridgehead atoms. The van der Waals surface area contributed by atoms with Crippen LogP contribution in [0.1, 0.15) is 44.2 Å². The van der Waals surface area contributed by atoms with Gasteiger partial charge in [-0.3, -0.25) is 4.79 Å². The molecule has 5 N–H and O–H groups in total. The predicted octanol–water partition coefficient (Wildman–Crippen LogP) is 1.74. The Labute approximate surface area is 142 Å². The lowest BCUT2D eigenvalue weighted by Gasteiger charge is -2.23. The van der Waals surface area contributed by atoms with Gasteiger partial charge in [0.25, 0.3) is 0 Å². The second-order valence-corrected chi connectivity index (χ2v) is 6.03. The van der Waals surface area contributed by atoms with Crippen LogP contribution in [0.5, 0.6) is 0 Å². The maximum absolute atomic E-state index is 12.2. The Morgan fingerprint density at radius 2 is 2.04 bits per heavy atom. The first kappa shape index (κ1) is 22.8. The highest BCUT2D eigenvalue weighted by Crippen LogP contribution is 2.27. The van der Waals surface area contributed by atoms with E-state index in [9.17, 15) is 23.1 Å². The highest BCUT2D eigenvalue weighted by Gasteiger charge is 2.32. The molecule has 1 aromatic rings. The van der Waals surface area contributed by atoms with Crippen molar-refractivity contribution in [1.29, 1.82) is 0 Å². The van der Waals surface area contributed by atoms with Crippen molar-refractivity contribution in [2.45, 2.75) is 57.5 Å². The van der Waals surface area contributed by atoms with Crippen LogP contribution in [0.2, 0.25) is 0 Å². The number of halogens is 3. The molecule has 0 saturated heterocycles. The third kappa shape index (κ3) is 10.5. The first-order chi connectivity index (χ1) is 11.1. The SMILES string of the molecule is CCC(C)O.NCC(=O)NC(CCC(F)(F)F)C(O)c1nccs1. The van der Waals surface area contributed by atoms with Crippen molar-refractivity contribution in [2.24, 2.45) is 5.73 Å². The number of aliphatic hydroxyl groups is 2. The van der Waals surface area contributed by atoms with Crippen LogP contribution in [0.15, 0.2) is 11.6 Å². The first-order valence-electron chi connectivity index (χ1n) is 7.42. The van der Waals surface area contributed by atoms with Gasteiger partial charge < -0.3 is 21.3 Å². The number of nitrogens with zero attached hydrogens (tertiary/aromatic N) is 1. The number of carbonyl (C=O) groups excluding carboxylic acids is 1. The summed E-state index contributed by atoms with van der Waals surface area (Å²) in [6.07, 6.45) is -5.00. The van der Waals surface area contributed by atoms with Gasteiger partial charge in [-0.1, -0.05) is 6.92 Å². The molecule has 1 aromatic heterocycles. The Balaban J connectivity index is 0.000000922. The molecule has 6 nitrogen and oxygen atoms in total. The molecule has 0 aliphatic carbocycles. The van der Waals surface area contributed by atoms with E-state index in [1.165, 1.54) is 6.20 Å². The van der Waals surface area contributed by atoms with E-state index in [2.05, 4.69) is 10.3 Å². The molecule has 0 aliphatic rings. The Hall–Kier alpha value is -1.23. The Bertz CT molecular complexity index is 456. The molecule has 0 saturated carbocycles. The Morgan fingerprint density at radius 3 is 2.42 bits per heavy atom. The number of rotatable bonds is 7. The largest absolute Gasteiger partial charge is 0.393 e. The normalized spacial score (nSPS) is 15.0. The number of carbonyl (C=O) groups is 1. The number of nitrogens with one attached hydrogen (secondary N) is 1. The van der Waals surface area contributed by atoms with E-state index >= 15 is 0 Å². The second-order valence-electron chi connectivity index (χ2n) is 5.10. The fourth-order valence-corrected chi connectivity index (χ4v) is 2.13. The average molecular weight is 371 g/mol. The number of hydrogen-bond acceptors (Lipinski definition) is 6. The van der Waals surface area contributed by atoms with Crippen molar-refractivity contribution in [3.8, 4) is 0 Å². The van der Waals surface area contributed by atoms with E-state index in [4.69, 9.17) is 10.8 Å². The number of aromatic nitrogens is 1. The summed E-state index contributed by atoms with van der Waals surface area (Å²) in [4.78, 5) is 15.0. The molecule has 10 heteroatoms. The van der Waals surface area contributed by atoms with Gasteiger partial charge in [-0.05, 0) is 19.8 Å². The van der Waals surface area contributed by atoms with Crippen molar-refractivity contribution in [1.82, 2.24) is 10.3 Å². The van der Waals surface area contributed by atoms with Gasteiger partial charge in [0.1, 0.15) is 11.1 Å². The smallest absolute Gasteiger partial charge is 0.389 e. The highest BCUT2D eigenvalue weighted by molar-refractivity contribution is 7.09. The van der Waals surface area contributed by atoms with Crippen molar-refractivity contribution in [3.05, 3.63) is 16.6 Å². The maximum atomic E-state index is 12.2. The lowest BCUT2D eigenvalue weighted by molar-refractivity contribution is -0.139. The van der Waals surface area contributed by atoms with Crippen molar-refractivity contribution in [2.75, 3.05) is 6.54 Å². The zero-order valence-electron chi connectivity index (χ0n) is 13.6. The van der Waals surface area contributed by atoms with Crippen molar-refractivity contribution >= 4 is 17.2 Å². The van der Waals surface area contributed by atoms with Gasteiger partial charge >= 0.3 is 6.18 Å². The highest BCUT2D eigenvalue weighted by atomic mass is 32.1. The monoisotopic (exact) mass is 371 g/mol. The summed E-state index contributed by atoms with van der Waals surface area (Å²) in [5.41, 5.74) is 5.09. The number of thiazole rings is 1. The third-order valence-corrected chi connectivity index (χ3v) is 3.79. The van der Waals surface area contributed by atoms with Crippen LogP contribution in [0, 0.1) is 0 Å². The molecular formula is C14H24F3N3O3S. The molecule has 3 unspecified atom stereocenters. The molecule has 0 aromatic carbocycles. The fourth-order valence-electron chi connectivity index (χ4n) is 1.45. The minimum Gasteiger partial charge on any atom is -0.393 e. The van der Waals surface area contributed by atoms with Gasteiger partial charge in [0.2, 0.25) is 5.91 Å². The van der Waals surface area contributed by atoms with E-state index in [0.29, 0.717) is 0 Å². The molecule has 140 valence electrons. The molecule has 0 spiro atoms. The number of amides is 1. The molecular weight excluding hydrogens is 347 g/mol. The molecule has 1 heterocycles. The zero-order valence-corrected chi connectivity index (χ0v) is 14.4. The van der Waals surface area contributed by atoms with E-state index in [1.807, 2.05) is 6.92 Å². The van der Waals surface area contributed by atoms with Gasteiger partial charge in [-0.25, -0.2) is 4.98 Å². The van der Waals surface area contributed by atoms with Crippen molar-refractivity contribution < 1.29 is 28.2 Å². The van der Waals surface area contributed by atoms with E-state index in [0.717, 1.165) is 17.8 Å². The molecule has 24 heavy (non-hydrogen) atoms. The van der Waals surface area contributed by atoms with Crippen LogP contribution in [0.3, 0.4) is 0 Å². The van der Waals surface area contributed by atoms with Crippen LogP contribution >= 0.6 is 11.3 Å². The van der Waals surface area contributed by atoms with Gasteiger partial charge in [0, 0.05) is 18.0 Å². The molecule has 1 rings (SSSR count). The molecule has 3 atom stereocenters. The summed E-state index contributed by atoms with van der Waals surface area (Å²) in [6, 6.07) is -1.07. The van der Waals surface area contributed by atoms with Crippen molar-refractivity contribution in [3.63, 3.8) is 0 Å². The van der Waals surface area contributed by atoms with Gasteiger partial charge in [-0.2, -0.15) is 13.2 Å². The van der Waals surface area contributed by atoms with Crippen LogP contribution in [-0.4, -0.2) is 46.0 Å². The molecule has 0 fully saturated rings. The molecule has 0 aliphatic heterocycles. The summed E-state index contributed by atoms with van der Waals surface area (Å²) in [5, 5.41) is 22.4. The summed E-state index contributed by atoms with van der Waals surface area (Å²) in [6.45, 7) is 3.37. The summed E-state index contributed by atoms with van der Waals surface area (Å²) >= 11 is 1.10. The van der Waals surface area contributed by atoms with Gasteiger partial charge in [0.05, 0.1) is 18.7 Å². The summed E-state index contributed by atoms with van der Waals surface area (Å²) in [5.74, 6) is -0.622. The maximum Gasteiger partial charge on any atom is 0.389 e. The van der Waals surface area contributed by atoms with Gasteiger partial charge in [0.15, 0.2) is 0 Å². The Morgan fingerprint density at radius 1 is 1.46 bits per heavy atom. The molecule has 0 radical (unpaired) electrons. The zero-order chi connectivity index (χ0) is 18.8. The van der Waals surface area contributed by atoms with E-state index in [-0.39, 0.29) is 17.7 Å². The van der Waals surface area contributed by atoms with Gasteiger partial charge in [-0.15, -0.1) is 11.3 Å². The summed E-state index contributed by atoms with van der Waals surface area (Å²) < 4.78 is 36.6. The minimum absolute atomic E-state index is 0.116. The van der Waals surface area contributed by atoms with Crippen LogP contribution in [0.25, 0.3) is 0 Å². The first-order valence-corrected chi connectivity index (χ1v) is 8.30. The Kier molecular flexibility index (Phi) is 10.8. The number of hydrogen-bond donors (Lipinski definition) is 4. The van der Waals surface area contributed by atoms with Crippen LogP contribution in [0.4, 0.5) is 13.2 Å². The standard InChI is InChI=1S/C10H14F3N3O2S.C4H10O/c11-10(12,13)2-1-6(16-7(17)5-14)8(18)9-15-3-4-19-9;1-3-4(2)5/h3-4,6,8,18H,1-2,5,14H2,(H,16,17);4-5H,3H2,1-2H3. The van der Waals surface area contributed by atoms with E-state index < -0.39 is 37.1 Å². The molecule has 1 amide bonds. The lowest BCUT2D eigenvalue weighted by Crippen LogP contribution is -2.42. The number of alkyl halides is 3. The third-order valence-electron chi connectivity index (χ3n) is 2.95. The second kappa shape index (κ2) is 11.3.